The molecule has 3 aliphatic rings. The Balaban J connectivity index is 1.86. The predicted octanol–water partition coefficient (Wildman–Crippen LogP) is 1.32. The lowest BCUT2D eigenvalue weighted by molar-refractivity contribution is -0.160. The van der Waals surface area contributed by atoms with Crippen LogP contribution >= 0.6 is 0 Å². The Morgan fingerprint density at radius 2 is 1.91 bits per heavy atom. The standard InChI is InChI=1S/C17H31N3O2/c1-11-13-10-22-17(2,3)9-12(13)14(15(18)21)16(19-11)20-7-5-4-6-8-20/h11-14,16,19H,4-10H2,1-3H3,(H2,18,21). The molecule has 126 valence electrons. The molecule has 5 atom stereocenters. The van der Waals surface area contributed by atoms with Gasteiger partial charge in [-0.25, -0.2) is 0 Å². The Morgan fingerprint density at radius 3 is 2.55 bits per heavy atom. The number of ether oxygens (including phenoxy) is 1. The van der Waals surface area contributed by atoms with Crippen LogP contribution in [-0.4, -0.2) is 48.3 Å². The Morgan fingerprint density at radius 1 is 1.23 bits per heavy atom. The van der Waals surface area contributed by atoms with Gasteiger partial charge in [-0.05, 0) is 59.0 Å². The van der Waals surface area contributed by atoms with Gasteiger partial charge in [-0.1, -0.05) is 6.42 Å². The molecular formula is C17H31N3O2. The van der Waals surface area contributed by atoms with Gasteiger partial charge in [0.1, 0.15) is 0 Å². The molecule has 3 saturated heterocycles. The van der Waals surface area contributed by atoms with Crippen LogP contribution in [0.2, 0.25) is 0 Å². The zero-order chi connectivity index (χ0) is 15.9. The number of amides is 1. The fraction of sp³-hybridized carbons (Fsp3) is 0.941. The predicted molar refractivity (Wildman–Crippen MR) is 86.1 cm³/mol. The zero-order valence-corrected chi connectivity index (χ0v) is 14.2. The molecule has 22 heavy (non-hydrogen) atoms. The molecule has 1 amide bonds. The highest BCUT2D eigenvalue weighted by Gasteiger charge is 2.51. The summed E-state index contributed by atoms with van der Waals surface area (Å²) < 4.78 is 6.01. The number of carbonyl (C=O) groups excluding carboxylic acids is 1. The van der Waals surface area contributed by atoms with E-state index in [1.165, 1.54) is 19.3 Å². The largest absolute Gasteiger partial charge is 0.375 e. The fourth-order valence-corrected chi connectivity index (χ4v) is 4.76. The van der Waals surface area contributed by atoms with Crippen LogP contribution in [-0.2, 0) is 9.53 Å². The number of hydrogen-bond donors (Lipinski definition) is 2. The molecule has 0 radical (unpaired) electrons. The molecule has 0 aromatic rings. The van der Waals surface area contributed by atoms with Gasteiger partial charge in [0.15, 0.2) is 0 Å². The smallest absolute Gasteiger partial charge is 0.223 e. The van der Waals surface area contributed by atoms with Gasteiger partial charge in [0.05, 0.1) is 24.3 Å². The van der Waals surface area contributed by atoms with Crippen molar-refractivity contribution in [3.63, 3.8) is 0 Å². The summed E-state index contributed by atoms with van der Waals surface area (Å²) in [6.45, 7) is 9.36. The summed E-state index contributed by atoms with van der Waals surface area (Å²) in [5, 5.41) is 3.69. The highest BCUT2D eigenvalue weighted by atomic mass is 16.5. The summed E-state index contributed by atoms with van der Waals surface area (Å²) in [7, 11) is 0. The first-order chi connectivity index (χ1) is 10.4. The van der Waals surface area contributed by atoms with E-state index in [2.05, 4.69) is 31.0 Å². The van der Waals surface area contributed by atoms with Crippen LogP contribution in [0.4, 0.5) is 0 Å². The summed E-state index contributed by atoms with van der Waals surface area (Å²) in [5.41, 5.74) is 5.70. The van der Waals surface area contributed by atoms with Crippen molar-refractivity contribution in [1.82, 2.24) is 10.2 Å². The van der Waals surface area contributed by atoms with Crippen molar-refractivity contribution in [1.29, 1.82) is 0 Å². The first-order valence-electron chi connectivity index (χ1n) is 8.82. The number of fused-ring (bicyclic) bond motifs is 1. The van der Waals surface area contributed by atoms with E-state index in [1.54, 1.807) is 0 Å². The minimum Gasteiger partial charge on any atom is -0.375 e. The van der Waals surface area contributed by atoms with E-state index in [0.717, 1.165) is 26.1 Å². The normalized spacial score (nSPS) is 42.6. The first kappa shape index (κ1) is 16.2. The molecule has 0 saturated carbocycles. The molecule has 3 heterocycles. The van der Waals surface area contributed by atoms with Gasteiger partial charge in [0.25, 0.3) is 0 Å². The average molecular weight is 309 g/mol. The van der Waals surface area contributed by atoms with Crippen molar-refractivity contribution in [2.24, 2.45) is 23.5 Å². The van der Waals surface area contributed by atoms with Gasteiger partial charge in [0.2, 0.25) is 5.91 Å². The van der Waals surface area contributed by atoms with Crippen LogP contribution in [0.3, 0.4) is 0 Å². The van der Waals surface area contributed by atoms with E-state index in [0.29, 0.717) is 17.9 Å². The fourth-order valence-electron chi connectivity index (χ4n) is 4.76. The van der Waals surface area contributed by atoms with Crippen molar-refractivity contribution in [3.05, 3.63) is 0 Å². The maximum Gasteiger partial charge on any atom is 0.223 e. The van der Waals surface area contributed by atoms with Crippen molar-refractivity contribution >= 4 is 5.91 Å². The molecule has 0 aliphatic carbocycles. The molecule has 0 spiro atoms. The number of rotatable bonds is 2. The Hall–Kier alpha value is -0.650. The number of hydrogen-bond acceptors (Lipinski definition) is 4. The molecule has 3 N–H and O–H groups in total. The molecule has 5 nitrogen and oxygen atoms in total. The zero-order valence-electron chi connectivity index (χ0n) is 14.2. The van der Waals surface area contributed by atoms with E-state index < -0.39 is 0 Å². The molecule has 5 unspecified atom stereocenters. The Labute approximate surface area is 133 Å². The van der Waals surface area contributed by atoms with Gasteiger partial charge < -0.3 is 10.5 Å². The average Bonchev–Trinajstić information content (AvgIpc) is 2.46. The summed E-state index contributed by atoms with van der Waals surface area (Å²) >= 11 is 0. The molecule has 0 bridgehead atoms. The second-order valence-corrected chi connectivity index (χ2v) is 8.03. The van der Waals surface area contributed by atoms with Crippen LogP contribution < -0.4 is 11.1 Å². The van der Waals surface area contributed by atoms with Crippen LogP contribution in [0.25, 0.3) is 0 Å². The third-order valence-electron chi connectivity index (χ3n) is 5.93. The molecule has 5 heteroatoms. The maximum absolute atomic E-state index is 12.3. The van der Waals surface area contributed by atoms with Crippen molar-refractivity contribution in [2.45, 2.75) is 64.3 Å². The molecule has 3 rings (SSSR count). The highest BCUT2D eigenvalue weighted by Crippen LogP contribution is 2.43. The van der Waals surface area contributed by atoms with Gasteiger partial charge in [-0.15, -0.1) is 0 Å². The molecule has 0 aromatic heterocycles. The maximum atomic E-state index is 12.3. The number of nitrogens with zero attached hydrogens (tertiary/aromatic N) is 1. The molecule has 3 aliphatic heterocycles. The Kier molecular flexibility index (Phi) is 4.49. The second kappa shape index (κ2) is 6.10. The van der Waals surface area contributed by atoms with E-state index in [9.17, 15) is 4.79 Å². The van der Waals surface area contributed by atoms with Crippen LogP contribution in [0.15, 0.2) is 0 Å². The Bertz CT molecular complexity index is 420. The van der Waals surface area contributed by atoms with Crippen LogP contribution in [0.1, 0.15) is 46.5 Å². The quantitative estimate of drug-likeness (QED) is 0.807. The summed E-state index contributed by atoms with van der Waals surface area (Å²) in [6, 6.07) is 0.364. The number of nitrogens with two attached hydrogens (primary N) is 1. The van der Waals surface area contributed by atoms with Gasteiger partial charge >= 0.3 is 0 Å². The SMILES string of the molecule is CC1NC(N2CCCCC2)C(C(N)=O)C2CC(C)(C)OCC12. The lowest BCUT2D eigenvalue weighted by Gasteiger charge is -2.54. The topological polar surface area (TPSA) is 67.6 Å². The van der Waals surface area contributed by atoms with Crippen molar-refractivity contribution in [3.8, 4) is 0 Å². The van der Waals surface area contributed by atoms with E-state index in [4.69, 9.17) is 10.5 Å². The third-order valence-corrected chi connectivity index (χ3v) is 5.93. The summed E-state index contributed by atoms with van der Waals surface area (Å²) in [5.74, 6) is 0.446. The van der Waals surface area contributed by atoms with Crippen LogP contribution in [0.5, 0.6) is 0 Å². The number of carbonyl (C=O) groups is 1. The molecule has 0 aromatic carbocycles. The third kappa shape index (κ3) is 3.03. The lowest BCUT2D eigenvalue weighted by Crippen LogP contribution is -2.68. The summed E-state index contributed by atoms with van der Waals surface area (Å²) in [4.78, 5) is 14.7. The second-order valence-electron chi connectivity index (χ2n) is 8.03. The van der Waals surface area contributed by atoms with E-state index >= 15 is 0 Å². The number of primary amides is 1. The van der Waals surface area contributed by atoms with E-state index in [1.807, 2.05) is 0 Å². The first-order valence-corrected chi connectivity index (χ1v) is 8.82. The molecular weight excluding hydrogens is 278 g/mol. The number of nitrogens with one attached hydrogen (secondary N) is 1. The van der Waals surface area contributed by atoms with Gasteiger partial charge in [-0.2, -0.15) is 0 Å². The minimum atomic E-state index is -0.154. The monoisotopic (exact) mass is 309 g/mol. The van der Waals surface area contributed by atoms with Crippen molar-refractivity contribution < 1.29 is 9.53 Å². The van der Waals surface area contributed by atoms with Gasteiger partial charge in [0, 0.05) is 12.0 Å². The minimum absolute atomic E-state index is 0.1000. The highest BCUT2D eigenvalue weighted by molar-refractivity contribution is 5.78. The number of piperidine rings is 2. The van der Waals surface area contributed by atoms with Crippen molar-refractivity contribution in [2.75, 3.05) is 19.7 Å². The summed E-state index contributed by atoms with van der Waals surface area (Å²) in [6.07, 6.45) is 4.76. The molecule has 3 fully saturated rings. The van der Waals surface area contributed by atoms with Gasteiger partial charge in [-0.3, -0.25) is 15.0 Å². The lowest BCUT2D eigenvalue weighted by atomic mass is 9.67. The van der Waals surface area contributed by atoms with Crippen LogP contribution in [0, 0.1) is 17.8 Å². The number of likely N-dealkylation sites (tertiary alicyclic amines) is 1. The van der Waals surface area contributed by atoms with E-state index in [-0.39, 0.29) is 23.6 Å².